The number of para-hydroxylation sites is 1. The molecule has 5 rings (SSSR count). The van der Waals surface area contributed by atoms with Gasteiger partial charge in [-0.15, -0.1) is 0 Å². The zero-order valence-electron chi connectivity index (χ0n) is 22.2. The van der Waals surface area contributed by atoms with Crippen LogP contribution < -0.4 is 10.6 Å². The molecule has 0 aliphatic carbocycles. The number of aryl methyl sites for hydroxylation is 3. The maximum atomic E-state index is 13.1. The van der Waals surface area contributed by atoms with Crippen LogP contribution in [0.25, 0.3) is 21.9 Å². The van der Waals surface area contributed by atoms with Gasteiger partial charge in [-0.25, -0.2) is 9.78 Å². The third-order valence-corrected chi connectivity index (χ3v) is 6.63. The molecular formula is C29H31N5O5. The minimum absolute atomic E-state index is 0.160. The number of benzene rings is 1. The number of anilines is 2. The van der Waals surface area contributed by atoms with E-state index < -0.39 is 5.97 Å². The predicted molar refractivity (Wildman–Crippen MR) is 149 cm³/mol. The summed E-state index contributed by atoms with van der Waals surface area (Å²) in [6.07, 6.45) is 5.13. The predicted octanol–water partition coefficient (Wildman–Crippen LogP) is 4.90. The number of hydrogen-bond donors (Lipinski definition) is 3. The summed E-state index contributed by atoms with van der Waals surface area (Å²) in [7, 11) is 2.76. The van der Waals surface area contributed by atoms with Gasteiger partial charge in [0.2, 0.25) is 5.91 Å². The monoisotopic (exact) mass is 529 g/mol. The van der Waals surface area contributed by atoms with Gasteiger partial charge in [-0.3, -0.25) is 4.79 Å². The molecule has 5 aromatic rings. The lowest BCUT2D eigenvalue weighted by Crippen LogP contribution is -2.20. The molecule has 4 heterocycles. The second kappa shape index (κ2) is 11.4. The second-order valence-corrected chi connectivity index (χ2v) is 9.13. The van der Waals surface area contributed by atoms with Crippen molar-refractivity contribution in [3.8, 4) is 0 Å². The summed E-state index contributed by atoms with van der Waals surface area (Å²) in [5.74, 6) is 0.752. The largest absolute Gasteiger partial charge is 0.464 e. The maximum Gasteiger partial charge on any atom is 0.356 e. The molecule has 10 heteroatoms. The first-order valence-electron chi connectivity index (χ1n) is 12.8. The first kappa shape index (κ1) is 26.1. The van der Waals surface area contributed by atoms with Crippen LogP contribution in [0.15, 0.2) is 59.3 Å². The van der Waals surface area contributed by atoms with E-state index in [9.17, 15) is 9.59 Å². The number of nitrogens with one attached hydrogen (secondary N) is 3. The highest BCUT2D eigenvalue weighted by molar-refractivity contribution is 6.11. The molecule has 0 atom stereocenters. The first-order chi connectivity index (χ1) is 19.0. The number of methoxy groups -OCH3 is 2. The van der Waals surface area contributed by atoms with Crippen LogP contribution >= 0.6 is 0 Å². The van der Waals surface area contributed by atoms with Gasteiger partial charge in [-0.05, 0) is 36.2 Å². The summed E-state index contributed by atoms with van der Waals surface area (Å²) >= 11 is 0. The molecule has 202 valence electrons. The van der Waals surface area contributed by atoms with Crippen molar-refractivity contribution >= 4 is 45.2 Å². The number of carbonyl (C=O) groups is 2. The van der Waals surface area contributed by atoms with Crippen molar-refractivity contribution in [2.45, 2.75) is 32.9 Å². The van der Waals surface area contributed by atoms with Gasteiger partial charge < -0.3 is 34.1 Å². The van der Waals surface area contributed by atoms with Crippen LogP contribution in [0, 0.1) is 0 Å². The Balaban J connectivity index is 1.53. The molecule has 0 aliphatic heterocycles. The Kier molecular flexibility index (Phi) is 7.64. The lowest BCUT2D eigenvalue weighted by Gasteiger charge is -2.10. The van der Waals surface area contributed by atoms with Crippen molar-refractivity contribution in [2.24, 2.45) is 0 Å². The minimum Gasteiger partial charge on any atom is -0.464 e. The zero-order chi connectivity index (χ0) is 27.4. The normalized spacial score (nSPS) is 11.3. The van der Waals surface area contributed by atoms with Crippen LogP contribution in [0.2, 0.25) is 0 Å². The number of carbonyl (C=O) groups excluding carboxylic acids is 2. The molecule has 39 heavy (non-hydrogen) atoms. The van der Waals surface area contributed by atoms with E-state index in [1.807, 2.05) is 49.5 Å². The van der Waals surface area contributed by atoms with Crippen molar-refractivity contribution < 1.29 is 23.5 Å². The van der Waals surface area contributed by atoms with Crippen LogP contribution in [-0.4, -0.2) is 47.2 Å². The molecule has 1 amide bonds. The maximum absolute atomic E-state index is 13.1. The SMILES string of the molecule is CCc1ccc(CNc2cnc3c(c2)c(NC(=O)COC)c(C(=O)OC)n3CCc2c[nH]c3ccccc23)o1. The third kappa shape index (κ3) is 5.37. The number of aromatic nitrogens is 3. The molecule has 1 aromatic carbocycles. The Hall–Kier alpha value is -4.57. The molecule has 10 nitrogen and oxygen atoms in total. The zero-order valence-corrected chi connectivity index (χ0v) is 22.2. The van der Waals surface area contributed by atoms with E-state index in [0.717, 1.165) is 34.4 Å². The average Bonchev–Trinajstić information content (AvgIpc) is 3.66. The molecule has 0 spiro atoms. The second-order valence-electron chi connectivity index (χ2n) is 9.13. The molecule has 4 aromatic heterocycles. The van der Waals surface area contributed by atoms with Gasteiger partial charge in [0, 0.05) is 42.6 Å². The summed E-state index contributed by atoms with van der Waals surface area (Å²) in [5.41, 5.74) is 3.97. The number of fused-ring (bicyclic) bond motifs is 2. The van der Waals surface area contributed by atoms with Crippen LogP contribution in [0.3, 0.4) is 0 Å². The Morgan fingerprint density at radius 2 is 1.92 bits per heavy atom. The van der Waals surface area contributed by atoms with Gasteiger partial charge in [0.05, 0.1) is 31.2 Å². The summed E-state index contributed by atoms with van der Waals surface area (Å²) in [6.45, 7) is 2.78. The van der Waals surface area contributed by atoms with Gasteiger partial charge in [0.25, 0.3) is 0 Å². The van der Waals surface area contributed by atoms with Crippen molar-refractivity contribution in [1.29, 1.82) is 0 Å². The van der Waals surface area contributed by atoms with E-state index in [2.05, 4.69) is 21.7 Å². The van der Waals surface area contributed by atoms with E-state index in [-0.39, 0.29) is 18.2 Å². The number of pyridine rings is 1. The quantitative estimate of drug-likeness (QED) is 0.208. The number of furan rings is 1. The van der Waals surface area contributed by atoms with Gasteiger partial charge in [-0.1, -0.05) is 25.1 Å². The standard InChI is InChI=1S/C29H31N5O5/c1-4-20-9-10-21(39-20)16-30-19-13-23-26(33-25(35)17-37-2)27(29(36)38-3)34(28(23)32-15-19)12-11-18-14-31-24-8-6-5-7-22(18)24/h5-10,13-15,30-31H,4,11-12,16-17H2,1-3H3,(H,33,35). The molecule has 0 saturated carbocycles. The molecular weight excluding hydrogens is 498 g/mol. The van der Waals surface area contributed by atoms with E-state index in [1.54, 1.807) is 10.8 Å². The van der Waals surface area contributed by atoms with Gasteiger partial charge in [-0.2, -0.15) is 0 Å². The van der Waals surface area contributed by atoms with Gasteiger partial charge >= 0.3 is 5.97 Å². The van der Waals surface area contributed by atoms with Gasteiger partial charge in [0.1, 0.15) is 23.8 Å². The fraction of sp³-hybridized carbons (Fsp3) is 0.276. The minimum atomic E-state index is -0.572. The van der Waals surface area contributed by atoms with Crippen molar-refractivity contribution in [1.82, 2.24) is 14.5 Å². The third-order valence-electron chi connectivity index (χ3n) is 6.63. The highest BCUT2D eigenvalue weighted by atomic mass is 16.5. The fourth-order valence-electron chi connectivity index (χ4n) is 4.75. The number of aromatic amines is 1. The van der Waals surface area contributed by atoms with Crippen LogP contribution in [-0.2, 0) is 40.2 Å². The van der Waals surface area contributed by atoms with E-state index in [1.165, 1.54) is 14.2 Å². The summed E-state index contributed by atoms with van der Waals surface area (Å²) in [5, 5.41) is 7.89. The highest BCUT2D eigenvalue weighted by Crippen LogP contribution is 2.33. The lowest BCUT2D eigenvalue weighted by molar-refractivity contribution is -0.119. The number of ether oxygens (including phenoxy) is 2. The van der Waals surface area contributed by atoms with E-state index >= 15 is 0 Å². The van der Waals surface area contributed by atoms with Crippen LogP contribution in [0.1, 0.15) is 34.5 Å². The summed E-state index contributed by atoms with van der Waals surface area (Å²) in [4.78, 5) is 33.7. The number of H-pyrrole nitrogens is 1. The van der Waals surface area contributed by atoms with Gasteiger partial charge in [0.15, 0.2) is 5.69 Å². The van der Waals surface area contributed by atoms with Crippen molar-refractivity contribution in [2.75, 3.05) is 31.5 Å². The van der Waals surface area contributed by atoms with Crippen molar-refractivity contribution in [3.63, 3.8) is 0 Å². The number of rotatable bonds is 11. The first-order valence-corrected chi connectivity index (χ1v) is 12.8. The average molecular weight is 530 g/mol. The Bertz CT molecular complexity index is 1630. The highest BCUT2D eigenvalue weighted by Gasteiger charge is 2.26. The Labute approximate surface area is 225 Å². The van der Waals surface area contributed by atoms with E-state index in [0.29, 0.717) is 41.9 Å². The molecule has 0 aliphatic rings. The fourth-order valence-corrected chi connectivity index (χ4v) is 4.75. The van der Waals surface area contributed by atoms with Crippen LogP contribution in [0.5, 0.6) is 0 Å². The molecule has 3 N–H and O–H groups in total. The molecule has 0 radical (unpaired) electrons. The Morgan fingerprint density at radius 1 is 1.10 bits per heavy atom. The molecule has 0 bridgehead atoms. The number of hydrogen-bond acceptors (Lipinski definition) is 7. The van der Waals surface area contributed by atoms with Crippen molar-refractivity contribution in [3.05, 3.63) is 77.6 Å². The number of amides is 1. The molecule has 0 unspecified atom stereocenters. The Morgan fingerprint density at radius 3 is 2.69 bits per heavy atom. The molecule has 0 fully saturated rings. The number of esters is 1. The van der Waals surface area contributed by atoms with Crippen LogP contribution in [0.4, 0.5) is 11.4 Å². The van der Waals surface area contributed by atoms with E-state index in [4.69, 9.17) is 18.9 Å². The molecule has 0 saturated heterocycles. The topological polar surface area (TPSA) is 123 Å². The lowest BCUT2D eigenvalue weighted by atomic mass is 10.1. The summed E-state index contributed by atoms with van der Waals surface area (Å²) in [6, 6.07) is 13.8. The number of nitrogens with zero attached hydrogens (tertiary/aromatic N) is 2. The summed E-state index contributed by atoms with van der Waals surface area (Å²) < 4.78 is 17.7. The smallest absolute Gasteiger partial charge is 0.356 e.